The summed E-state index contributed by atoms with van der Waals surface area (Å²) >= 11 is 0. The molecule has 0 aliphatic heterocycles. The lowest BCUT2D eigenvalue weighted by molar-refractivity contribution is -0.114. The van der Waals surface area contributed by atoms with Gasteiger partial charge in [-0.1, -0.05) is 31.5 Å². The summed E-state index contributed by atoms with van der Waals surface area (Å²) in [6, 6.07) is 16.2. The Morgan fingerprint density at radius 3 is 2.36 bits per heavy atom. The van der Waals surface area contributed by atoms with Gasteiger partial charge in [-0.3, -0.25) is 4.79 Å². The first-order chi connectivity index (χ1) is 15.7. The van der Waals surface area contributed by atoms with E-state index in [1.165, 1.54) is 4.31 Å². The largest absolute Gasteiger partial charge is 0.376 e. The molecule has 2 N–H and O–H groups in total. The van der Waals surface area contributed by atoms with Crippen molar-refractivity contribution in [1.82, 2.24) is 14.1 Å². The summed E-state index contributed by atoms with van der Waals surface area (Å²) in [5.74, 6) is -0.218. The molecule has 0 unspecified atom stereocenters. The molecule has 1 aromatic heterocycles. The zero-order chi connectivity index (χ0) is 24.0. The number of hydrogen-bond acceptors (Lipinski definition) is 5. The smallest absolute Gasteiger partial charge is 0.243 e. The number of sulfonamides is 1. The van der Waals surface area contributed by atoms with Crippen LogP contribution in [0, 0.1) is 13.8 Å². The van der Waals surface area contributed by atoms with Gasteiger partial charge in [0.1, 0.15) is 0 Å². The van der Waals surface area contributed by atoms with E-state index in [2.05, 4.69) is 15.7 Å². The number of aryl methyl sites for hydroxylation is 1. The van der Waals surface area contributed by atoms with Crippen molar-refractivity contribution in [2.75, 3.05) is 30.8 Å². The van der Waals surface area contributed by atoms with E-state index in [9.17, 15) is 13.2 Å². The van der Waals surface area contributed by atoms with Gasteiger partial charge in [-0.05, 0) is 56.7 Å². The number of para-hydroxylation sites is 1. The first-order valence-corrected chi connectivity index (χ1v) is 12.4. The maximum absolute atomic E-state index is 12.6. The molecule has 9 heteroatoms. The second kappa shape index (κ2) is 10.6. The molecule has 0 spiro atoms. The quantitative estimate of drug-likeness (QED) is 0.469. The van der Waals surface area contributed by atoms with E-state index in [-0.39, 0.29) is 17.3 Å². The van der Waals surface area contributed by atoms with E-state index in [1.807, 2.05) is 51.1 Å². The lowest BCUT2D eigenvalue weighted by Crippen LogP contribution is -2.28. The molecule has 0 bridgehead atoms. The molecule has 0 radical (unpaired) electrons. The van der Waals surface area contributed by atoms with Crippen molar-refractivity contribution >= 4 is 27.3 Å². The Kier molecular flexibility index (Phi) is 7.88. The fraction of sp³-hybridized carbons (Fsp3) is 0.333. The van der Waals surface area contributed by atoms with Gasteiger partial charge >= 0.3 is 0 Å². The van der Waals surface area contributed by atoms with Crippen LogP contribution in [-0.2, 0) is 14.8 Å². The number of carbonyl (C=O) groups is 1. The molecular weight excluding hydrogens is 438 g/mol. The first-order valence-electron chi connectivity index (χ1n) is 11.0. The third-order valence-electron chi connectivity index (χ3n) is 5.40. The number of hydrogen-bond donors (Lipinski definition) is 2. The van der Waals surface area contributed by atoms with E-state index >= 15 is 0 Å². The number of aromatic nitrogens is 2. The van der Waals surface area contributed by atoms with Gasteiger partial charge in [0, 0.05) is 19.3 Å². The summed E-state index contributed by atoms with van der Waals surface area (Å²) in [4.78, 5) is 12.8. The predicted octanol–water partition coefficient (Wildman–Crippen LogP) is 3.96. The standard InChI is InChI=1S/C24H31N5O3S/c1-5-6-16-28(4)33(31,32)22-14-12-20(13-15-22)25-17-23(30)26-24-18(2)27-29(19(24)3)21-10-8-7-9-11-21/h7-15,25H,5-6,16-17H2,1-4H3,(H,26,30). The van der Waals surface area contributed by atoms with Crippen molar-refractivity contribution in [1.29, 1.82) is 0 Å². The van der Waals surface area contributed by atoms with Gasteiger partial charge in [-0.2, -0.15) is 5.10 Å². The Balaban J connectivity index is 1.61. The number of rotatable bonds is 10. The Morgan fingerprint density at radius 1 is 1.06 bits per heavy atom. The Morgan fingerprint density at radius 2 is 1.73 bits per heavy atom. The highest BCUT2D eigenvalue weighted by molar-refractivity contribution is 7.89. The highest BCUT2D eigenvalue weighted by Gasteiger charge is 2.20. The third-order valence-corrected chi connectivity index (χ3v) is 7.27. The molecule has 176 valence electrons. The number of nitrogens with zero attached hydrogens (tertiary/aromatic N) is 3. The SMILES string of the molecule is CCCCN(C)S(=O)(=O)c1ccc(NCC(=O)Nc2c(C)nn(-c3ccccc3)c2C)cc1. The van der Waals surface area contributed by atoms with Crippen LogP contribution in [0.15, 0.2) is 59.5 Å². The Bertz CT molecular complexity index is 1190. The van der Waals surface area contributed by atoms with Crippen LogP contribution in [0.25, 0.3) is 5.69 Å². The van der Waals surface area contributed by atoms with Crippen LogP contribution in [0.5, 0.6) is 0 Å². The van der Waals surface area contributed by atoms with Gasteiger partial charge in [0.25, 0.3) is 0 Å². The molecule has 0 aliphatic rings. The molecule has 0 saturated carbocycles. The summed E-state index contributed by atoms with van der Waals surface area (Å²) in [6.45, 7) is 6.31. The minimum atomic E-state index is -3.51. The van der Waals surface area contributed by atoms with Crippen LogP contribution in [0.2, 0.25) is 0 Å². The van der Waals surface area contributed by atoms with Gasteiger partial charge < -0.3 is 10.6 Å². The highest BCUT2D eigenvalue weighted by atomic mass is 32.2. The summed E-state index contributed by atoms with van der Waals surface area (Å²) in [5.41, 5.74) is 3.84. The monoisotopic (exact) mass is 469 g/mol. The number of benzene rings is 2. The number of amides is 1. The Hall–Kier alpha value is -3.17. The fourth-order valence-electron chi connectivity index (χ4n) is 3.44. The van der Waals surface area contributed by atoms with Gasteiger partial charge in [0.05, 0.1) is 34.2 Å². The molecule has 0 fully saturated rings. The van der Waals surface area contributed by atoms with Gasteiger partial charge in [0.2, 0.25) is 15.9 Å². The molecular formula is C24H31N5O3S. The number of anilines is 2. The molecule has 1 amide bonds. The minimum Gasteiger partial charge on any atom is -0.376 e. The van der Waals surface area contributed by atoms with Gasteiger partial charge in [-0.15, -0.1) is 0 Å². The van der Waals surface area contributed by atoms with Crippen molar-refractivity contribution in [2.24, 2.45) is 0 Å². The average Bonchev–Trinajstić information content (AvgIpc) is 3.10. The van der Waals surface area contributed by atoms with Crippen molar-refractivity contribution in [3.63, 3.8) is 0 Å². The molecule has 3 aromatic rings. The number of unbranched alkanes of at least 4 members (excludes halogenated alkanes) is 1. The maximum Gasteiger partial charge on any atom is 0.243 e. The molecule has 0 saturated heterocycles. The lowest BCUT2D eigenvalue weighted by atomic mass is 10.3. The maximum atomic E-state index is 12.6. The van der Waals surface area contributed by atoms with Crippen LogP contribution < -0.4 is 10.6 Å². The normalized spacial score (nSPS) is 11.5. The summed E-state index contributed by atoms with van der Waals surface area (Å²) < 4.78 is 28.4. The average molecular weight is 470 g/mol. The van der Waals surface area contributed by atoms with Crippen LogP contribution in [0.4, 0.5) is 11.4 Å². The van der Waals surface area contributed by atoms with E-state index in [0.717, 1.165) is 29.9 Å². The van der Waals surface area contributed by atoms with Crippen molar-refractivity contribution in [2.45, 2.75) is 38.5 Å². The molecule has 1 heterocycles. The van der Waals surface area contributed by atoms with Crippen molar-refractivity contribution in [3.8, 4) is 5.69 Å². The summed E-state index contributed by atoms with van der Waals surface area (Å²) in [5, 5.41) is 10.5. The zero-order valence-electron chi connectivity index (χ0n) is 19.5. The van der Waals surface area contributed by atoms with E-state index in [1.54, 1.807) is 36.0 Å². The van der Waals surface area contributed by atoms with E-state index < -0.39 is 10.0 Å². The second-order valence-corrected chi connectivity index (χ2v) is 9.94. The molecule has 8 nitrogen and oxygen atoms in total. The Labute approximate surface area is 195 Å². The highest BCUT2D eigenvalue weighted by Crippen LogP contribution is 2.23. The van der Waals surface area contributed by atoms with E-state index in [0.29, 0.717) is 17.9 Å². The van der Waals surface area contributed by atoms with Crippen molar-refractivity contribution in [3.05, 3.63) is 66.0 Å². The number of carbonyl (C=O) groups excluding carboxylic acids is 1. The molecule has 0 atom stereocenters. The lowest BCUT2D eigenvalue weighted by Gasteiger charge is -2.17. The summed E-state index contributed by atoms with van der Waals surface area (Å²) in [6.07, 6.45) is 1.74. The topological polar surface area (TPSA) is 96.3 Å². The van der Waals surface area contributed by atoms with Crippen LogP contribution in [-0.4, -0.2) is 48.5 Å². The van der Waals surface area contributed by atoms with Gasteiger partial charge in [-0.25, -0.2) is 17.4 Å². The predicted molar refractivity (Wildman–Crippen MR) is 131 cm³/mol. The molecule has 2 aromatic carbocycles. The first kappa shape index (κ1) is 24.5. The van der Waals surface area contributed by atoms with Crippen LogP contribution in [0.3, 0.4) is 0 Å². The molecule has 0 aliphatic carbocycles. The fourth-order valence-corrected chi connectivity index (χ4v) is 4.65. The number of nitrogens with one attached hydrogen (secondary N) is 2. The summed E-state index contributed by atoms with van der Waals surface area (Å²) in [7, 11) is -1.92. The van der Waals surface area contributed by atoms with Crippen molar-refractivity contribution < 1.29 is 13.2 Å². The van der Waals surface area contributed by atoms with Gasteiger partial charge in [0.15, 0.2) is 0 Å². The van der Waals surface area contributed by atoms with E-state index in [4.69, 9.17) is 0 Å². The molecule has 33 heavy (non-hydrogen) atoms. The third kappa shape index (κ3) is 5.80. The molecule has 3 rings (SSSR count). The van der Waals surface area contributed by atoms with Crippen LogP contribution >= 0.6 is 0 Å². The zero-order valence-corrected chi connectivity index (χ0v) is 20.3. The minimum absolute atomic E-state index is 0.0396. The second-order valence-electron chi connectivity index (χ2n) is 7.90. The van der Waals surface area contributed by atoms with Crippen LogP contribution in [0.1, 0.15) is 31.2 Å².